The maximum atomic E-state index is 13.8. The monoisotopic (exact) mass is 401 g/mol. The molecule has 5 nitrogen and oxygen atoms in total. The van der Waals surface area contributed by atoms with Gasteiger partial charge in [-0.1, -0.05) is 18.2 Å². The number of nitrogens with zero attached hydrogens (tertiary/aromatic N) is 3. The molecule has 0 spiro atoms. The Hall–Kier alpha value is -3.25. The second-order valence-corrected chi connectivity index (χ2v) is 8.01. The largest absolute Gasteiger partial charge is 0.368 e. The minimum absolute atomic E-state index is 0.235. The van der Waals surface area contributed by atoms with Gasteiger partial charge in [-0.3, -0.25) is 4.90 Å². The van der Waals surface area contributed by atoms with Crippen LogP contribution in [-0.4, -0.2) is 32.9 Å². The van der Waals surface area contributed by atoms with Crippen molar-refractivity contribution in [1.29, 1.82) is 0 Å². The number of H-pyrrole nitrogens is 1. The van der Waals surface area contributed by atoms with Gasteiger partial charge in [-0.25, -0.2) is 14.4 Å². The Morgan fingerprint density at radius 3 is 3.00 bits per heavy atom. The van der Waals surface area contributed by atoms with Crippen molar-refractivity contribution >= 4 is 16.9 Å². The Morgan fingerprint density at radius 2 is 2.10 bits per heavy atom. The number of nitrogen functional groups attached to an aromatic ring is 1. The zero-order chi connectivity index (χ0) is 20.5. The Kier molecular flexibility index (Phi) is 4.93. The molecule has 0 bridgehead atoms. The molecule has 2 aromatic heterocycles. The van der Waals surface area contributed by atoms with Gasteiger partial charge in [-0.15, -0.1) is 0 Å². The number of piperidine rings is 1. The highest BCUT2D eigenvalue weighted by Crippen LogP contribution is 2.34. The van der Waals surface area contributed by atoms with Gasteiger partial charge in [0.05, 0.1) is 5.69 Å². The van der Waals surface area contributed by atoms with Crippen LogP contribution in [0.15, 0.2) is 60.9 Å². The van der Waals surface area contributed by atoms with Crippen LogP contribution >= 0.6 is 0 Å². The molecule has 4 aromatic rings. The van der Waals surface area contributed by atoms with Crippen molar-refractivity contribution in [2.75, 3.05) is 18.8 Å². The molecule has 0 aliphatic carbocycles. The van der Waals surface area contributed by atoms with E-state index in [0.717, 1.165) is 54.8 Å². The number of rotatable bonds is 4. The van der Waals surface area contributed by atoms with Crippen LogP contribution in [0.25, 0.3) is 22.0 Å². The highest BCUT2D eigenvalue weighted by atomic mass is 19.1. The molecule has 2 aromatic carbocycles. The first-order valence-corrected chi connectivity index (χ1v) is 10.3. The zero-order valence-electron chi connectivity index (χ0n) is 16.7. The third-order valence-electron chi connectivity index (χ3n) is 5.89. The predicted molar refractivity (Wildman–Crippen MR) is 117 cm³/mol. The van der Waals surface area contributed by atoms with Gasteiger partial charge in [0.2, 0.25) is 5.95 Å². The normalized spacial score (nSPS) is 17.4. The molecule has 1 aliphatic heterocycles. The topological polar surface area (TPSA) is 70.8 Å². The molecule has 0 saturated carbocycles. The molecule has 3 N–H and O–H groups in total. The summed E-state index contributed by atoms with van der Waals surface area (Å²) >= 11 is 0. The Bertz CT molecular complexity index is 1190. The molecule has 0 unspecified atom stereocenters. The lowest BCUT2D eigenvalue weighted by atomic mass is 9.89. The number of halogens is 1. The van der Waals surface area contributed by atoms with Gasteiger partial charge < -0.3 is 10.7 Å². The number of fused-ring (bicyclic) bond motifs is 1. The van der Waals surface area contributed by atoms with E-state index >= 15 is 0 Å². The molecule has 1 fully saturated rings. The van der Waals surface area contributed by atoms with E-state index < -0.39 is 0 Å². The number of likely N-dealkylation sites (tertiary alicyclic amines) is 1. The molecule has 1 saturated heterocycles. The number of benzene rings is 2. The maximum Gasteiger partial charge on any atom is 0.220 e. The first-order valence-electron chi connectivity index (χ1n) is 10.3. The van der Waals surface area contributed by atoms with E-state index in [2.05, 4.69) is 44.1 Å². The molecular formula is C24H24FN5. The summed E-state index contributed by atoms with van der Waals surface area (Å²) < 4.78 is 13.8. The Balaban J connectivity index is 1.41. The van der Waals surface area contributed by atoms with Gasteiger partial charge in [-0.2, -0.15) is 0 Å². The molecule has 1 atom stereocenters. The van der Waals surface area contributed by atoms with Crippen LogP contribution in [0.1, 0.15) is 30.0 Å². The zero-order valence-corrected chi connectivity index (χ0v) is 16.7. The van der Waals surface area contributed by atoms with Crippen molar-refractivity contribution in [3.8, 4) is 11.1 Å². The highest BCUT2D eigenvalue weighted by molar-refractivity contribution is 5.79. The van der Waals surface area contributed by atoms with Crippen LogP contribution in [0.3, 0.4) is 0 Å². The van der Waals surface area contributed by atoms with Crippen molar-refractivity contribution in [2.24, 2.45) is 0 Å². The average molecular weight is 401 g/mol. The first-order chi connectivity index (χ1) is 14.7. The quantitative estimate of drug-likeness (QED) is 0.519. The lowest BCUT2D eigenvalue weighted by molar-refractivity contribution is 0.199. The van der Waals surface area contributed by atoms with Gasteiger partial charge in [0.25, 0.3) is 0 Å². The SMILES string of the molecule is Nc1ncc(-c2cccc(F)c2)c([C@H]2CCCN(Cc3ccc4[nH]ccc4c3)C2)n1. The molecule has 6 heteroatoms. The van der Waals surface area contributed by atoms with E-state index in [4.69, 9.17) is 5.73 Å². The summed E-state index contributed by atoms with van der Waals surface area (Å²) in [4.78, 5) is 14.5. The third-order valence-corrected chi connectivity index (χ3v) is 5.89. The van der Waals surface area contributed by atoms with E-state index in [-0.39, 0.29) is 17.7 Å². The molecule has 1 aliphatic rings. The number of hydrogen-bond acceptors (Lipinski definition) is 4. The van der Waals surface area contributed by atoms with Crippen LogP contribution in [-0.2, 0) is 6.54 Å². The summed E-state index contributed by atoms with van der Waals surface area (Å²) in [7, 11) is 0. The van der Waals surface area contributed by atoms with E-state index in [9.17, 15) is 4.39 Å². The summed E-state index contributed by atoms with van der Waals surface area (Å²) in [5.41, 5.74) is 11.0. The summed E-state index contributed by atoms with van der Waals surface area (Å²) in [5, 5.41) is 1.23. The van der Waals surface area contributed by atoms with Crippen molar-refractivity contribution in [2.45, 2.75) is 25.3 Å². The van der Waals surface area contributed by atoms with E-state index in [1.54, 1.807) is 12.3 Å². The fourth-order valence-electron chi connectivity index (χ4n) is 4.48. The van der Waals surface area contributed by atoms with Gasteiger partial charge in [0, 0.05) is 42.5 Å². The summed E-state index contributed by atoms with van der Waals surface area (Å²) in [5.74, 6) is 0.235. The predicted octanol–water partition coefficient (Wildman–Crippen LogP) is 4.73. The number of aromatic nitrogens is 3. The minimum atomic E-state index is -0.263. The average Bonchev–Trinajstić information content (AvgIpc) is 3.22. The standard InChI is InChI=1S/C24H24FN5/c25-20-5-1-3-17(12-20)21-13-28-24(26)29-23(21)19-4-2-10-30(15-19)14-16-6-7-22-18(11-16)8-9-27-22/h1,3,5-9,11-13,19,27H,2,4,10,14-15H2,(H2,26,28,29)/t19-/m0/s1. The van der Waals surface area contributed by atoms with Gasteiger partial charge >= 0.3 is 0 Å². The number of nitrogens with one attached hydrogen (secondary N) is 1. The van der Waals surface area contributed by atoms with Gasteiger partial charge in [0.1, 0.15) is 5.82 Å². The summed E-state index contributed by atoms with van der Waals surface area (Å²) in [6.45, 7) is 2.84. The molecular weight excluding hydrogens is 377 g/mol. The van der Waals surface area contributed by atoms with Gasteiger partial charge in [-0.05, 0) is 66.2 Å². The van der Waals surface area contributed by atoms with Crippen molar-refractivity contribution in [3.05, 3.63) is 78.0 Å². The second kappa shape index (κ2) is 7.88. The molecule has 152 valence electrons. The molecule has 3 heterocycles. The van der Waals surface area contributed by atoms with Crippen molar-refractivity contribution in [3.63, 3.8) is 0 Å². The molecule has 30 heavy (non-hydrogen) atoms. The van der Waals surface area contributed by atoms with E-state index in [1.807, 2.05) is 12.3 Å². The third kappa shape index (κ3) is 3.78. The van der Waals surface area contributed by atoms with Crippen LogP contribution < -0.4 is 5.73 Å². The number of nitrogens with two attached hydrogens (primary N) is 1. The lowest BCUT2D eigenvalue weighted by Crippen LogP contribution is -2.34. The van der Waals surface area contributed by atoms with Gasteiger partial charge in [0.15, 0.2) is 0 Å². The van der Waals surface area contributed by atoms with Crippen LogP contribution in [0.4, 0.5) is 10.3 Å². The van der Waals surface area contributed by atoms with E-state index in [1.165, 1.54) is 23.1 Å². The number of anilines is 1. The first kappa shape index (κ1) is 18.8. The Morgan fingerprint density at radius 1 is 1.17 bits per heavy atom. The second-order valence-electron chi connectivity index (χ2n) is 8.01. The fraction of sp³-hybridized carbons (Fsp3) is 0.250. The lowest BCUT2D eigenvalue weighted by Gasteiger charge is -2.33. The smallest absolute Gasteiger partial charge is 0.220 e. The summed E-state index contributed by atoms with van der Waals surface area (Å²) in [6.07, 6.45) is 5.82. The van der Waals surface area contributed by atoms with E-state index in [0.29, 0.717) is 0 Å². The highest BCUT2D eigenvalue weighted by Gasteiger charge is 2.25. The molecule has 5 rings (SSSR count). The van der Waals surface area contributed by atoms with Crippen LogP contribution in [0, 0.1) is 5.82 Å². The van der Waals surface area contributed by atoms with Crippen LogP contribution in [0.5, 0.6) is 0 Å². The van der Waals surface area contributed by atoms with Crippen molar-refractivity contribution in [1.82, 2.24) is 19.9 Å². The molecule has 0 radical (unpaired) electrons. The number of aromatic amines is 1. The fourth-order valence-corrected chi connectivity index (χ4v) is 4.48. The summed E-state index contributed by atoms with van der Waals surface area (Å²) in [6, 6.07) is 15.3. The number of hydrogen-bond donors (Lipinski definition) is 2. The molecule has 0 amide bonds. The van der Waals surface area contributed by atoms with Crippen LogP contribution in [0.2, 0.25) is 0 Å². The van der Waals surface area contributed by atoms with Crippen molar-refractivity contribution < 1.29 is 4.39 Å². The minimum Gasteiger partial charge on any atom is -0.368 e. The maximum absolute atomic E-state index is 13.8. The Labute approximate surface area is 174 Å².